The van der Waals surface area contributed by atoms with Crippen LogP contribution in [-0.4, -0.2) is 17.5 Å². The zero-order chi connectivity index (χ0) is 20.2. The van der Waals surface area contributed by atoms with Crippen molar-refractivity contribution in [1.82, 2.24) is 0 Å². The van der Waals surface area contributed by atoms with E-state index in [4.69, 9.17) is 16.0 Å². The van der Waals surface area contributed by atoms with E-state index in [1.165, 1.54) is 13.2 Å². The lowest BCUT2D eigenvalue weighted by Crippen LogP contribution is -2.24. The number of hydrogen-bond acceptors (Lipinski definition) is 4. The molecule has 28 heavy (non-hydrogen) atoms. The molecule has 1 N–H and O–H groups in total. The van der Waals surface area contributed by atoms with Crippen LogP contribution >= 0.6 is 11.6 Å². The van der Waals surface area contributed by atoms with E-state index in [-0.39, 0.29) is 17.0 Å². The summed E-state index contributed by atoms with van der Waals surface area (Å²) < 4.78 is 5.78. The summed E-state index contributed by atoms with van der Waals surface area (Å²) in [4.78, 5) is 37.7. The minimum absolute atomic E-state index is 0.183. The molecule has 2 aromatic carbocycles. The molecule has 0 atom stereocenters. The Balaban J connectivity index is 2.02. The van der Waals surface area contributed by atoms with E-state index < -0.39 is 11.6 Å². The fraction of sp³-hybridized carbons (Fsp3) is 0.136. The normalized spacial score (nSPS) is 12.6. The van der Waals surface area contributed by atoms with Gasteiger partial charge in [-0.15, -0.1) is 0 Å². The molecular weight excluding hydrogens is 378 g/mol. The van der Waals surface area contributed by atoms with E-state index in [2.05, 4.69) is 5.32 Å². The van der Waals surface area contributed by atoms with Gasteiger partial charge in [0.05, 0.1) is 23.1 Å². The van der Waals surface area contributed by atoms with Gasteiger partial charge in [-0.05, 0) is 42.7 Å². The minimum atomic E-state index is -0.658. The van der Waals surface area contributed by atoms with Gasteiger partial charge in [0.25, 0.3) is 0 Å². The Morgan fingerprint density at radius 2 is 1.61 bits per heavy atom. The number of ketones is 2. The zero-order valence-electron chi connectivity index (χ0n) is 15.5. The first-order valence-electron chi connectivity index (χ1n) is 8.68. The van der Waals surface area contributed by atoms with E-state index in [0.29, 0.717) is 33.2 Å². The Hall–Kier alpha value is -3.18. The molecule has 1 aliphatic rings. The predicted molar refractivity (Wildman–Crippen MR) is 107 cm³/mol. The average Bonchev–Trinajstić information content (AvgIpc) is 3.07. The molecule has 0 fully saturated rings. The smallest absolute Gasteiger partial charge is 0.238 e. The maximum atomic E-state index is 13.1. The van der Waals surface area contributed by atoms with Crippen molar-refractivity contribution in [2.75, 3.05) is 5.32 Å². The summed E-state index contributed by atoms with van der Waals surface area (Å²) in [6.07, 6.45) is 1.48. The van der Waals surface area contributed by atoms with Crippen molar-refractivity contribution in [1.29, 1.82) is 0 Å². The van der Waals surface area contributed by atoms with Crippen molar-refractivity contribution in [2.24, 2.45) is 0 Å². The monoisotopic (exact) mass is 393 g/mol. The van der Waals surface area contributed by atoms with Crippen LogP contribution in [-0.2, 0) is 4.79 Å². The molecule has 0 aliphatic heterocycles. The van der Waals surface area contributed by atoms with E-state index in [9.17, 15) is 14.4 Å². The molecule has 140 valence electrons. The largest absolute Gasteiger partial charge is 0.463 e. The van der Waals surface area contributed by atoms with E-state index in [1.54, 1.807) is 31.2 Å². The number of hydrogen-bond donors (Lipinski definition) is 1. The summed E-state index contributed by atoms with van der Waals surface area (Å²) in [5.41, 5.74) is 4.07. The van der Waals surface area contributed by atoms with Crippen molar-refractivity contribution < 1.29 is 18.8 Å². The first-order chi connectivity index (χ1) is 13.3. The van der Waals surface area contributed by atoms with Crippen LogP contribution in [0.15, 0.2) is 41.0 Å². The average molecular weight is 394 g/mol. The number of aryl methyl sites for hydroxylation is 2. The molecule has 5 nitrogen and oxygen atoms in total. The molecule has 1 amide bonds. The number of rotatable bonds is 2. The maximum absolute atomic E-state index is 13.1. The van der Waals surface area contributed by atoms with Crippen molar-refractivity contribution in [3.05, 3.63) is 63.9 Å². The molecule has 0 saturated carbocycles. The Labute approximate surface area is 166 Å². The zero-order valence-corrected chi connectivity index (χ0v) is 16.2. The Bertz CT molecular complexity index is 1170. The van der Waals surface area contributed by atoms with Gasteiger partial charge in [0.2, 0.25) is 17.5 Å². The lowest BCUT2D eigenvalue weighted by atomic mass is 9.81. The first-order valence-corrected chi connectivity index (χ1v) is 9.06. The molecule has 0 spiro atoms. The minimum Gasteiger partial charge on any atom is -0.463 e. The molecule has 4 rings (SSSR count). The number of anilines is 1. The molecule has 1 aliphatic carbocycles. The maximum Gasteiger partial charge on any atom is 0.238 e. The van der Waals surface area contributed by atoms with Crippen LogP contribution < -0.4 is 5.32 Å². The standard InChI is InChI=1S/C22H16ClNO4/c1-10-8-11(2)19(24-12(3)25)18-16(10)22-17(20(26)21(18)27)15(9-28-22)13-4-6-14(23)7-5-13/h4-9H,1-3H3,(H,24,25). The highest BCUT2D eigenvalue weighted by Crippen LogP contribution is 2.45. The van der Waals surface area contributed by atoms with Gasteiger partial charge in [-0.3, -0.25) is 14.4 Å². The van der Waals surface area contributed by atoms with Gasteiger partial charge >= 0.3 is 0 Å². The van der Waals surface area contributed by atoms with Gasteiger partial charge in [0.1, 0.15) is 5.76 Å². The molecule has 1 heterocycles. The van der Waals surface area contributed by atoms with E-state index in [0.717, 1.165) is 11.1 Å². The van der Waals surface area contributed by atoms with Crippen LogP contribution in [0.25, 0.3) is 22.5 Å². The number of fused-ring (bicyclic) bond motifs is 3. The van der Waals surface area contributed by atoms with Crippen LogP contribution in [0, 0.1) is 13.8 Å². The molecule has 0 bridgehead atoms. The fourth-order valence-corrected chi connectivity index (χ4v) is 3.81. The summed E-state index contributed by atoms with van der Waals surface area (Å²) in [6.45, 7) is 4.99. The van der Waals surface area contributed by atoms with Crippen molar-refractivity contribution in [3.63, 3.8) is 0 Å². The van der Waals surface area contributed by atoms with E-state index >= 15 is 0 Å². The van der Waals surface area contributed by atoms with Crippen LogP contribution in [0.3, 0.4) is 0 Å². The number of Topliss-reactive ketones (excluding diaryl/α,β-unsaturated/α-hetero) is 2. The van der Waals surface area contributed by atoms with Crippen LogP contribution in [0.4, 0.5) is 5.69 Å². The lowest BCUT2D eigenvalue weighted by Gasteiger charge is -2.21. The molecule has 0 radical (unpaired) electrons. The second-order valence-electron chi connectivity index (χ2n) is 6.84. The third kappa shape index (κ3) is 2.67. The number of furan rings is 1. The number of halogens is 1. The molecule has 0 saturated heterocycles. The highest BCUT2D eigenvalue weighted by atomic mass is 35.5. The quantitative estimate of drug-likeness (QED) is 0.605. The van der Waals surface area contributed by atoms with Gasteiger partial charge in [0, 0.05) is 23.1 Å². The van der Waals surface area contributed by atoms with Gasteiger partial charge in [0.15, 0.2) is 0 Å². The number of amides is 1. The highest BCUT2D eigenvalue weighted by Gasteiger charge is 2.39. The SMILES string of the molecule is CC(=O)Nc1c(C)cc(C)c2c1C(=O)C(=O)c1c(-c3ccc(Cl)cc3)coc1-2. The van der Waals surface area contributed by atoms with Crippen molar-refractivity contribution in [3.8, 4) is 22.5 Å². The van der Waals surface area contributed by atoms with Crippen molar-refractivity contribution in [2.45, 2.75) is 20.8 Å². The van der Waals surface area contributed by atoms with E-state index in [1.807, 2.05) is 13.0 Å². The summed E-state index contributed by atoms with van der Waals surface area (Å²) in [6, 6.07) is 8.82. The molecule has 6 heteroatoms. The predicted octanol–water partition coefficient (Wildman–Crippen LogP) is 5.22. The fourth-order valence-electron chi connectivity index (χ4n) is 3.68. The number of benzene rings is 2. The first kappa shape index (κ1) is 18.2. The van der Waals surface area contributed by atoms with Crippen LogP contribution in [0.2, 0.25) is 5.02 Å². The number of nitrogens with one attached hydrogen (secondary N) is 1. The van der Waals surface area contributed by atoms with Gasteiger partial charge in [-0.25, -0.2) is 0 Å². The van der Waals surface area contributed by atoms with Crippen LogP contribution in [0.1, 0.15) is 38.8 Å². The topological polar surface area (TPSA) is 76.4 Å². The summed E-state index contributed by atoms with van der Waals surface area (Å²) >= 11 is 5.95. The van der Waals surface area contributed by atoms with Gasteiger partial charge in [-0.2, -0.15) is 0 Å². The second kappa shape index (κ2) is 6.46. The highest BCUT2D eigenvalue weighted by molar-refractivity contribution is 6.55. The molecule has 3 aromatic rings. The Kier molecular flexibility index (Phi) is 4.20. The summed E-state index contributed by atoms with van der Waals surface area (Å²) in [5, 5.41) is 3.26. The Morgan fingerprint density at radius 1 is 0.964 bits per heavy atom. The molecular formula is C22H16ClNO4. The van der Waals surface area contributed by atoms with Crippen molar-refractivity contribution >= 4 is 34.8 Å². The van der Waals surface area contributed by atoms with Gasteiger partial charge in [-0.1, -0.05) is 29.8 Å². The third-order valence-electron chi connectivity index (χ3n) is 4.86. The van der Waals surface area contributed by atoms with Gasteiger partial charge < -0.3 is 9.73 Å². The molecule has 0 unspecified atom stereocenters. The molecule has 1 aromatic heterocycles. The number of carbonyl (C=O) groups excluding carboxylic acids is 3. The number of carbonyl (C=O) groups is 3. The van der Waals surface area contributed by atoms with Crippen LogP contribution in [0.5, 0.6) is 0 Å². The summed E-state index contributed by atoms with van der Waals surface area (Å²) in [5.74, 6) is -1.29. The third-order valence-corrected chi connectivity index (χ3v) is 5.11. The second-order valence-corrected chi connectivity index (χ2v) is 7.27. The lowest BCUT2D eigenvalue weighted by molar-refractivity contribution is -0.114. The summed E-state index contributed by atoms with van der Waals surface area (Å²) in [7, 11) is 0. The Morgan fingerprint density at radius 3 is 2.25 bits per heavy atom.